The van der Waals surface area contributed by atoms with Gasteiger partial charge in [0.05, 0.1) is 0 Å². The molecule has 0 saturated heterocycles. The Hall–Kier alpha value is -1.04. The molecular formula is C14H20. The van der Waals surface area contributed by atoms with Crippen LogP contribution < -0.4 is 0 Å². The van der Waals surface area contributed by atoms with Crippen LogP contribution >= 0.6 is 0 Å². The molecule has 1 aromatic carbocycles. The SMILES string of the molecule is C=Cc1ccc(C(CC)C(C)C)cc1. The Morgan fingerprint density at radius 3 is 2.14 bits per heavy atom. The lowest BCUT2D eigenvalue weighted by Gasteiger charge is -2.19. The molecule has 0 nitrogen and oxygen atoms in total. The summed E-state index contributed by atoms with van der Waals surface area (Å²) in [7, 11) is 0. The minimum absolute atomic E-state index is 0.689. The number of rotatable bonds is 4. The van der Waals surface area contributed by atoms with Crippen molar-refractivity contribution < 1.29 is 0 Å². The zero-order valence-corrected chi connectivity index (χ0v) is 9.46. The van der Waals surface area contributed by atoms with Gasteiger partial charge in [0.2, 0.25) is 0 Å². The Kier molecular flexibility index (Phi) is 3.94. The van der Waals surface area contributed by atoms with Gasteiger partial charge < -0.3 is 0 Å². The fourth-order valence-electron chi connectivity index (χ4n) is 1.97. The minimum atomic E-state index is 0.689. The van der Waals surface area contributed by atoms with Crippen molar-refractivity contribution in [3.63, 3.8) is 0 Å². The molecule has 1 atom stereocenters. The second kappa shape index (κ2) is 4.99. The van der Waals surface area contributed by atoms with Crippen LogP contribution in [0.5, 0.6) is 0 Å². The smallest absolute Gasteiger partial charge is 0.0141 e. The molecule has 0 radical (unpaired) electrons. The average Bonchev–Trinajstić information content (AvgIpc) is 2.19. The summed E-state index contributed by atoms with van der Waals surface area (Å²) in [5, 5.41) is 0. The van der Waals surface area contributed by atoms with Gasteiger partial charge >= 0.3 is 0 Å². The standard InChI is InChI=1S/C14H20/c1-5-12-7-9-13(10-8-12)14(6-2)11(3)4/h5,7-11,14H,1,6H2,2-4H3. The lowest BCUT2D eigenvalue weighted by atomic mass is 9.86. The Balaban J connectivity index is 2.89. The molecule has 76 valence electrons. The topological polar surface area (TPSA) is 0 Å². The number of hydrogen-bond donors (Lipinski definition) is 0. The molecule has 0 heteroatoms. The molecule has 0 saturated carbocycles. The van der Waals surface area contributed by atoms with E-state index in [-0.39, 0.29) is 0 Å². The van der Waals surface area contributed by atoms with Crippen LogP contribution in [0.2, 0.25) is 0 Å². The molecule has 0 N–H and O–H groups in total. The van der Waals surface area contributed by atoms with Crippen molar-refractivity contribution in [1.82, 2.24) is 0 Å². The summed E-state index contributed by atoms with van der Waals surface area (Å²) in [5.74, 6) is 1.41. The lowest BCUT2D eigenvalue weighted by Crippen LogP contribution is -2.05. The average molecular weight is 188 g/mol. The van der Waals surface area contributed by atoms with Gasteiger partial charge in [0.15, 0.2) is 0 Å². The maximum absolute atomic E-state index is 3.76. The highest BCUT2D eigenvalue weighted by Gasteiger charge is 2.12. The number of hydrogen-bond acceptors (Lipinski definition) is 0. The van der Waals surface area contributed by atoms with E-state index in [4.69, 9.17) is 0 Å². The van der Waals surface area contributed by atoms with E-state index in [2.05, 4.69) is 51.6 Å². The normalized spacial score (nSPS) is 12.9. The first-order valence-corrected chi connectivity index (χ1v) is 5.41. The first-order chi connectivity index (χ1) is 6.69. The fourth-order valence-corrected chi connectivity index (χ4v) is 1.97. The molecule has 0 aliphatic heterocycles. The molecule has 0 aromatic heterocycles. The summed E-state index contributed by atoms with van der Waals surface area (Å²) in [4.78, 5) is 0. The molecule has 0 amide bonds. The van der Waals surface area contributed by atoms with Gasteiger partial charge in [-0.1, -0.05) is 57.7 Å². The van der Waals surface area contributed by atoms with E-state index in [0.717, 1.165) is 5.92 Å². The summed E-state index contributed by atoms with van der Waals surface area (Å²) in [6, 6.07) is 8.75. The Morgan fingerprint density at radius 1 is 1.21 bits per heavy atom. The third kappa shape index (κ3) is 2.47. The first kappa shape index (κ1) is 11.0. The molecule has 1 unspecified atom stereocenters. The van der Waals surface area contributed by atoms with Gasteiger partial charge in [-0.25, -0.2) is 0 Å². The van der Waals surface area contributed by atoms with Crippen molar-refractivity contribution in [2.45, 2.75) is 33.1 Å². The maximum atomic E-state index is 3.76. The molecule has 0 fully saturated rings. The van der Waals surface area contributed by atoms with E-state index >= 15 is 0 Å². The van der Waals surface area contributed by atoms with Crippen LogP contribution in [0, 0.1) is 5.92 Å². The van der Waals surface area contributed by atoms with Gasteiger partial charge in [0, 0.05) is 0 Å². The first-order valence-electron chi connectivity index (χ1n) is 5.41. The van der Waals surface area contributed by atoms with Crippen LogP contribution in [0.15, 0.2) is 30.8 Å². The van der Waals surface area contributed by atoms with E-state index in [9.17, 15) is 0 Å². The largest absolute Gasteiger partial charge is 0.0985 e. The van der Waals surface area contributed by atoms with E-state index in [1.54, 1.807) is 0 Å². The maximum Gasteiger partial charge on any atom is -0.0141 e. The quantitative estimate of drug-likeness (QED) is 0.653. The van der Waals surface area contributed by atoms with Gasteiger partial charge in [-0.2, -0.15) is 0 Å². The Morgan fingerprint density at radius 2 is 1.79 bits per heavy atom. The van der Waals surface area contributed by atoms with E-state index < -0.39 is 0 Å². The predicted molar refractivity (Wildman–Crippen MR) is 64.4 cm³/mol. The van der Waals surface area contributed by atoms with Crippen molar-refractivity contribution in [3.8, 4) is 0 Å². The van der Waals surface area contributed by atoms with E-state index in [1.807, 2.05) is 6.08 Å². The van der Waals surface area contributed by atoms with Crippen molar-refractivity contribution in [1.29, 1.82) is 0 Å². The molecule has 14 heavy (non-hydrogen) atoms. The summed E-state index contributed by atoms with van der Waals surface area (Å²) in [6.45, 7) is 10.6. The van der Waals surface area contributed by atoms with Crippen LogP contribution in [-0.2, 0) is 0 Å². The highest BCUT2D eigenvalue weighted by Crippen LogP contribution is 2.27. The van der Waals surface area contributed by atoms with Gasteiger partial charge in [-0.15, -0.1) is 0 Å². The molecule has 0 aliphatic carbocycles. The monoisotopic (exact) mass is 188 g/mol. The summed E-state index contributed by atoms with van der Waals surface area (Å²) < 4.78 is 0. The Labute approximate surface area is 87.7 Å². The van der Waals surface area contributed by atoms with E-state index in [1.165, 1.54) is 17.5 Å². The number of benzene rings is 1. The minimum Gasteiger partial charge on any atom is -0.0985 e. The van der Waals surface area contributed by atoms with Crippen molar-refractivity contribution in [3.05, 3.63) is 42.0 Å². The van der Waals surface area contributed by atoms with Crippen molar-refractivity contribution >= 4 is 6.08 Å². The third-order valence-electron chi connectivity index (χ3n) is 2.84. The summed E-state index contributed by atoms with van der Waals surface area (Å²) in [6.07, 6.45) is 3.10. The zero-order valence-electron chi connectivity index (χ0n) is 9.46. The van der Waals surface area contributed by atoms with Crippen LogP contribution in [-0.4, -0.2) is 0 Å². The fraction of sp³-hybridized carbons (Fsp3) is 0.429. The predicted octanol–water partition coefficient (Wildman–Crippen LogP) is 4.48. The molecule has 0 aliphatic rings. The van der Waals surface area contributed by atoms with Gasteiger partial charge in [0.1, 0.15) is 0 Å². The lowest BCUT2D eigenvalue weighted by molar-refractivity contribution is 0.485. The van der Waals surface area contributed by atoms with Crippen LogP contribution in [0.3, 0.4) is 0 Å². The van der Waals surface area contributed by atoms with Crippen LogP contribution in [0.4, 0.5) is 0 Å². The van der Waals surface area contributed by atoms with Crippen molar-refractivity contribution in [2.75, 3.05) is 0 Å². The van der Waals surface area contributed by atoms with E-state index in [0.29, 0.717) is 5.92 Å². The molecule has 1 aromatic rings. The van der Waals surface area contributed by atoms with Crippen LogP contribution in [0.25, 0.3) is 6.08 Å². The zero-order chi connectivity index (χ0) is 10.6. The van der Waals surface area contributed by atoms with Crippen LogP contribution in [0.1, 0.15) is 44.2 Å². The van der Waals surface area contributed by atoms with Gasteiger partial charge in [-0.05, 0) is 29.4 Å². The second-order valence-corrected chi connectivity index (χ2v) is 4.13. The molecular weight excluding hydrogens is 168 g/mol. The third-order valence-corrected chi connectivity index (χ3v) is 2.84. The molecule has 0 bridgehead atoms. The highest BCUT2D eigenvalue weighted by molar-refractivity contribution is 5.47. The summed E-state index contributed by atoms with van der Waals surface area (Å²) in [5.41, 5.74) is 2.65. The second-order valence-electron chi connectivity index (χ2n) is 4.13. The Bertz CT molecular complexity index is 279. The van der Waals surface area contributed by atoms with Gasteiger partial charge in [0.25, 0.3) is 0 Å². The van der Waals surface area contributed by atoms with Crippen molar-refractivity contribution in [2.24, 2.45) is 5.92 Å². The molecule has 0 heterocycles. The molecule has 0 spiro atoms. The van der Waals surface area contributed by atoms with Gasteiger partial charge in [-0.3, -0.25) is 0 Å². The molecule has 1 rings (SSSR count). The summed E-state index contributed by atoms with van der Waals surface area (Å²) >= 11 is 0. The highest BCUT2D eigenvalue weighted by atomic mass is 14.2.